The van der Waals surface area contributed by atoms with Crippen LogP contribution in [0.1, 0.15) is 51.0 Å². The van der Waals surface area contributed by atoms with Crippen LogP contribution in [0.25, 0.3) is 0 Å². The molecule has 5 rings (SSSR count). The maximum atomic E-state index is 13.1. The molecule has 0 saturated heterocycles. The van der Waals surface area contributed by atoms with Crippen LogP contribution in [-0.4, -0.2) is 17.4 Å². The lowest BCUT2D eigenvalue weighted by Crippen LogP contribution is -2.65. The summed E-state index contributed by atoms with van der Waals surface area (Å²) in [5.41, 5.74) is 0.538. The topological polar surface area (TPSA) is 58.2 Å². The third-order valence-electron chi connectivity index (χ3n) is 6.33. The molecule has 1 aromatic rings. The molecule has 2 N–H and O–H groups in total. The van der Waals surface area contributed by atoms with Gasteiger partial charge < -0.3 is 10.6 Å². The lowest BCUT2D eigenvalue weighted by atomic mass is 9.46. The molecular weight excluding hydrogens is 336 g/mol. The van der Waals surface area contributed by atoms with Gasteiger partial charge in [-0.1, -0.05) is 23.7 Å². The molecule has 4 fully saturated rings. The average Bonchev–Trinajstić information content (AvgIpc) is 2.50. The van der Waals surface area contributed by atoms with Crippen LogP contribution >= 0.6 is 11.6 Å². The van der Waals surface area contributed by atoms with Gasteiger partial charge in [0.25, 0.3) is 0 Å². The Hall–Kier alpha value is -1.55. The highest BCUT2D eigenvalue weighted by Gasteiger charge is 2.60. The molecule has 0 heterocycles. The van der Waals surface area contributed by atoms with E-state index in [1.54, 1.807) is 6.92 Å². The normalized spacial score (nSPS) is 35.4. The van der Waals surface area contributed by atoms with Crippen LogP contribution in [0.3, 0.4) is 0 Å². The van der Waals surface area contributed by atoms with Crippen molar-refractivity contribution in [1.82, 2.24) is 10.6 Å². The van der Waals surface area contributed by atoms with E-state index >= 15 is 0 Å². The highest BCUT2D eigenvalue weighted by atomic mass is 35.5. The van der Waals surface area contributed by atoms with Crippen molar-refractivity contribution in [3.8, 4) is 0 Å². The number of amides is 2. The van der Waals surface area contributed by atoms with Crippen molar-refractivity contribution in [2.24, 2.45) is 17.3 Å². The Morgan fingerprint density at radius 3 is 2.56 bits per heavy atom. The summed E-state index contributed by atoms with van der Waals surface area (Å²) in [5, 5.41) is 7.04. The molecule has 5 heteroatoms. The van der Waals surface area contributed by atoms with Gasteiger partial charge in [-0.25, -0.2) is 0 Å². The Balaban J connectivity index is 1.50. The predicted octanol–water partition coefficient (Wildman–Crippen LogP) is 3.43. The van der Waals surface area contributed by atoms with Gasteiger partial charge in [0.15, 0.2) is 0 Å². The molecule has 2 unspecified atom stereocenters. The molecule has 4 aliphatic carbocycles. The van der Waals surface area contributed by atoms with Crippen LogP contribution in [0.4, 0.5) is 0 Å². The zero-order valence-electron chi connectivity index (χ0n) is 14.6. The summed E-state index contributed by atoms with van der Waals surface area (Å²) in [6.07, 6.45) is 6.00. The van der Waals surface area contributed by atoms with Gasteiger partial charge >= 0.3 is 0 Å². The second-order valence-electron chi connectivity index (χ2n) is 8.52. The van der Waals surface area contributed by atoms with E-state index in [1.165, 1.54) is 6.42 Å². The molecule has 25 heavy (non-hydrogen) atoms. The van der Waals surface area contributed by atoms with E-state index in [0.717, 1.165) is 37.7 Å². The van der Waals surface area contributed by atoms with Crippen molar-refractivity contribution >= 4 is 23.4 Å². The largest absolute Gasteiger partial charge is 0.352 e. The molecule has 4 nitrogen and oxygen atoms in total. The van der Waals surface area contributed by atoms with Crippen molar-refractivity contribution in [3.05, 3.63) is 34.9 Å². The van der Waals surface area contributed by atoms with Gasteiger partial charge in [0.1, 0.15) is 0 Å². The van der Waals surface area contributed by atoms with E-state index in [2.05, 4.69) is 10.6 Å². The van der Waals surface area contributed by atoms with Gasteiger partial charge in [-0.15, -0.1) is 0 Å². The maximum absolute atomic E-state index is 13.1. The van der Waals surface area contributed by atoms with Crippen molar-refractivity contribution in [1.29, 1.82) is 0 Å². The lowest BCUT2D eigenvalue weighted by molar-refractivity contribution is -0.153. The molecule has 134 valence electrons. The molecule has 0 spiro atoms. The molecule has 4 bridgehead atoms. The maximum Gasteiger partial charge on any atom is 0.226 e. The van der Waals surface area contributed by atoms with Crippen LogP contribution in [0.2, 0.25) is 5.02 Å². The van der Waals surface area contributed by atoms with Gasteiger partial charge in [-0.05, 0) is 68.1 Å². The lowest BCUT2D eigenvalue weighted by Gasteiger charge is -2.61. The third-order valence-corrected chi connectivity index (χ3v) is 6.56. The number of rotatable bonds is 4. The van der Waals surface area contributed by atoms with Gasteiger partial charge in [-0.3, -0.25) is 9.59 Å². The molecule has 4 aliphatic rings. The van der Waals surface area contributed by atoms with Crippen LogP contribution in [-0.2, 0) is 16.1 Å². The fourth-order valence-electron chi connectivity index (χ4n) is 6.06. The third kappa shape index (κ3) is 3.17. The zero-order chi connectivity index (χ0) is 17.7. The first-order valence-corrected chi connectivity index (χ1v) is 9.57. The number of halogens is 1. The molecule has 1 aromatic carbocycles. The second-order valence-corrected chi connectivity index (χ2v) is 8.95. The molecule has 0 aliphatic heterocycles. The van der Waals surface area contributed by atoms with Gasteiger partial charge in [0.2, 0.25) is 11.8 Å². The molecule has 4 saturated carbocycles. The Morgan fingerprint density at radius 2 is 1.92 bits per heavy atom. The SMILES string of the molecule is CC(=O)NC12C[C@H]3C[C@@H](C1)CC(C(=O)NCc1cccc(Cl)c1)(C3)C2. The van der Waals surface area contributed by atoms with E-state index in [0.29, 0.717) is 23.4 Å². The first-order valence-electron chi connectivity index (χ1n) is 9.20. The van der Waals surface area contributed by atoms with Crippen LogP contribution in [0, 0.1) is 17.3 Å². The summed E-state index contributed by atoms with van der Waals surface area (Å²) < 4.78 is 0. The van der Waals surface area contributed by atoms with Crippen LogP contribution < -0.4 is 10.6 Å². The first-order chi connectivity index (χ1) is 11.9. The summed E-state index contributed by atoms with van der Waals surface area (Å²) in [6, 6.07) is 7.61. The van der Waals surface area contributed by atoms with Crippen LogP contribution in [0.5, 0.6) is 0 Å². The summed E-state index contributed by atoms with van der Waals surface area (Å²) in [5.74, 6) is 1.29. The Labute approximate surface area is 153 Å². The van der Waals surface area contributed by atoms with Gasteiger partial charge in [-0.2, -0.15) is 0 Å². The fraction of sp³-hybridized carbons (Fsp3) is 0.600. The monoisotopic (exact) mass is 360 g/mol. The molecule has 0 radical (unpaired) electrons. The molecule has 0 aromatic heterocycles. The molecular formula is C20H25ClN2O2. The Bertz CT molecular complexity index is 703. The Kier molecular flexibility index (Phi) is 4.06. The van der Waals surface area contributed by atoms with Gasteiger partial charge in [0, 0.05) is 24.0 Å². The summed E-state index contributed by atoms with van der Waals surface area (Å²) in [7, 11) is 0. The van der Waals surface area contributed by atoms with Gasteiger partial charge in [0.05, 0.1) is 5.41 Å². The summed E-state index contributed by atoms with van der Waals surface area (Å²) in [6.45, 7) is 2.09. The number of hydrogen-bond donors (Lipinski definition) is 2. The minimum Gasteiger partial charge on any atom is -0.352 e. The summed E-state index contributed by atoms with van der Waals surface area (Å²) in [4.78, 5) is 24.8. The van der Waals surface area contributed by atoms with E-state index in [1.807, 2.05) is 24.3 Å². The number of nitrogens with one attached hydrogen (secondary N) is 2. The standard InChI is InChI=1S/C20H25ClN2O2/c1-13(24)23-20-9-15-5-16(10-20)8-19(7-15,12-20)18(25)22-11-14-3-2-4-17(21)6-14/h2-4,6,15-16H,5,7-12H2,1H3,(H,22,25)(H,23,24)/t15-,16+,19?,20?. The van der Waals surface area contributed by atoms with Crippen molar-refractivity contribution in [3.63, 3.8) is 0 Å². The quantitative estimate of drug-likeness (QED) is 0.864. The van der Waals surface area contributed by atoms with E-state index in [-0.39, 0.29) is 22.8 Å². The highest BCUT2D eigenvalue weighted by molar-refractivity contribution is 6.30. The van der Waals surface area contributed by atoms with Crippen LogP contribution in [0.15, 0.2) is 24.3 Å². The molecule has 4 atom stereocenters. The first kappa shape index (κ1) is 16.9. The number of carbonyl (C=O) groups excluding carboxylic acids is 2. The van der Waals surface area contributed by atoms with E-state index in [9.17, 15) is 9.59 Å². The van der Waals surface area contributed by atoms with Crippen molar-refractivity contribution in [2.45, 2.75) is 57.5 Å². The number of carbonyl (C=O) groups is 2. The summed E-state index contributed by atoms with van der Waals surface area (Å²) >= 11 is 6.03. The highest BCUT2D eigenvalue weighted by Crippen LogP contribution is 2.61. The van der Waals surface area contributed by atoms with E-state index in [4.69, 9.17) is 11.6 Å². The Morgan fingerprint density at radius 1 is 1.20 bits per heavy atom. The number of benzene rings is 1. The predicted molar refractivity (Wildman–Crippen MR) is 97.0 cm³/mol. The fourth-order valence-corrected chi connectivity index (χ4v) is 6.28. The average molecular weight is 361 g/mol. The minimum absolute atomic E-state index is 0.0245. The van der Waals surface area contributed by atoms with Crippen molar-refractivity contribution in [2.75, 3.05) is 0 Å². The second kappa shape index (κ2) is 6.01. The zero-order valence-corrected chi connectivity index (χ0v) is 15.4. The smallest absolute Gasteiger partial charge is 0.226 e. The van der Waals surface area contributed by atoms with Crippen molar-refractivity contribution < 1.29 is 9.59 Å². The minimum atomic E-state index is -0.314. The molecule has 2 amide bonds. The number of hydrogen-bond acceptors (Lipinski definition) is 2. The van der Waals surface area contributed by atoms with E-state index < -0.39 is 0 Å².